The monoisotopic (exact) mass is 620 g/mol. The number of thiazole rings is 1. The minimum atomic E-state index is -5.00. The predicted octanol–water partition coefficient (Wildman–Crippen LogP) is 6.29. The molecule has 1 aliphatic heterocycles. The predicted molar refractivity (Wildman–Crippen MR) is 158 cm³/mol. The molecule has 3 aromatic rings. The van der Waals surface area contributed by atoms with Crippen LogP contribution in [0, 0.1) is 0 Å². The average molecular weight is 621 g/mol. The molecule has 0 saturated heterocycles. The maximum Gasteiger partial charge on any atom is 0.434 e. The molecule has 1 aliphatic rings. The van der Waals surface area contributed by atoms with E-state index in [-0.39, 0.29) is 27.3 Å². The number of halogens is 4. The third kappa shape index (κ3) is 6.06. The number of phenols is 1. The van der Waals surface area contributed by atoms with Crippen molar-refractivity contribution >= 4 is 35.0 Å². The maximum atomic E-state index is 14.3. The molecule has 0 aliphatic carbocycles. The summed E-state index contributed by atoms with van der Waals surface area (Å²) in [5.74, 6) is -1.06. The van der Waals surface area contributed by atoms with Crippen LogP contribution in [0.4, 0.5) is 13.2 Å². The number of ether oxygens (including phenoxy) is 1. The van der Waals surface area contributed by atoms with Crippen LogP contribution in [0.25, 0.3) is 6.08 Å². The number of phenolic OH excluding ortho intramolecular Hbond substituents is 1. The first kappa shape index (κ1) is 31.6. The summed E-state index contributed by atoms with van der Waals surface area (Å²) in [6.45, 7) is 13.0. The number of benzene rings is 2. The fourth-order valence-electron chi connectivity index (χ4n) is 4.84. The van der Waals surface area contributed by atoms with Crippen molar-refractivity contribution < 1.29 is 27.8 Å². The van der Waals surface area contributed by atoms with E-state index in [1.54, 1.807) is 18.2 Å². The standard InChI is InChI=1S/C31H32ClF3N2O4S/c1-8-41-27(40)22-23(17-9-11-18(32)12-10-17)37-26(39)21(42-28(37)36-25(22)31(33,34)35)15-16-13-19(29(2,3)4)24(38)20(14-16)30(5,6)7/h9-15,23,38H,8H2,1-7H3/b21-15+/t23-/m1/s1. The molecular formula is C31H32ClF3N2O4S. The van der Waals surface area contributed by atoms with Gasteiger partial charge in [-0.15, -0.1) is 0 Å². The van der Waals surface area contributed by atoms with Crippen molar-refractivity contribution in [3.8, 4) is 5.75 Å². The number of fused-ring (bicyclic) bond motifs is 1. The summed E-state index contributed by atoms with van der Waals surface area (Å²) in [5.41, 5.74) is -1.53. The highest BCUT2D eigenvalue weighted by Gasteiger charge is 2.45. The molecule has 4 rings (SSSR count). The number of aromatic nitrogens is 1. The average Bonchev–Trinajstić information content (AvgIpc) is 3.17. The van der Waals surface area contributed by atoms with Gasteiger partial charge in [-0.05, 0) is 59.2 Å². The van der Waals surface area contributed by atoms with Gasteiger partial charge in [0.2, 0.25) is 0 Å². The number of carbonyl (C=O) groups is 1. The number of alkyl halides is 3. The van der Waals surface area contributed by atoms with E-state index >= 15 is 0 Å². The van der Waals surface area contributed by atoms with Gasteiger partial charge in [-0.1, -0.05) is 76.6 Å². The molecule has 1 N–H and O–H groups in total. The van der Waals surface area contributed by atoms with Gasteiger partial charge in [-0.25, -0.2) is 9.79 Å². The molecule has 0 spiro atoms. The lowest BCUT2D eigenvalue weighted by Crippen LogP contribution is -2.41. The smallest absolute Gasteiger partial charge is 0.434 e. The second-order valence-electron chi connectivity index (χ2n) is 12.1. The third-order valence-corrected chi connectivity index (χ3v) is 8.06. The molecule has 0 bridgehead atoms. The Morgan fingerprint density at radius 3 is 2.10 bits per heavy atom. The number of carbonyl (C=O) groups excluding carboxylic acids is 1. The molecule has 42 heavy (non-hydrogen) atoms. The van der Waals surface area contributed by atoms with Crippen molar-refractivity contribution in [3.05, 3.63) is 94.6 Å². The SMILES string of the molecule is CCOC(=O)C1=C(C(F)(F)F)N=c2s/c(=C/c3cc(C(C)(C)C)c(O)c(C(C)(C)C)c3)c(=O)n2[C@@H]1c1ccc(Cl)cc1. The van der Waals surface area contributed by atoms with Gasteiger partial charge in [0.15, 0.2) is 10.5 Å². The van der Waals surface area contributed by atoms with Crippen molar-refractivity contribution in [1.82, 2.24) is 4.57 Å². The minimum absolute atomic E-state index is 0.116. The summed E-state index contributed by atoms with van der Waals surface area (Å²) in [6.07, 6.45) is -3.42. The van der Waals surface area contributed by atoms with Crippen molar-refractivity contribution in [1.29, 1.82) is 0 Å². The number of aromatic hydroxyl groups is 1. The summed E-state index contributed by atoms with van der Waals surface area (Å²) in [6, 6.07) is 7.96. The van der Waals surface area contributed by atoms with Crippen LogP contribution in [-0.4, -0.2) is 28.4 Å². The molecule has 0 fully saturated rings. The van der Waals surface area contributed by atoms with Crippen molar-refractivity contribution in [3.63, 3.8) is 0 Å². The van der Waals surface area contributed by atoms with E-state index in [4.69, 9.17) is 16.3 Å². The van der Waals surface area contributed by atoms with E-state index < -0.39 is 45.8 Å². The van der Waals surface area contributed by atoms with Crippen molar-refractivity contribution in [2.24, 2.45) is 4.99 Å². The van der Waals surface area contributed by atoms with Crippen LogP contribution in [-0.2, 0) is 20.4 Å². The van der Waals surface area contributed by atoms with E-state index in [1.165, 1.54) is 31.2 Å². The van der Waals surface area contributed by atoms with Gasteiger partial charge in [0.05, 0.1) is 22.8 Å². The van der Waals surface area contributed by atoms with E-state index in [0.717, 1.165) is 15.9 Å². The number of hydrogen-bond acceptors (Lipinski definition) is 6. The van der Waals surface area contributed by atoms with Crippen molar-refractivity contribution in [2.45, 2.75) is 71.5 Å². The second-order valence-corrected chi connectivity index (χ2v) is 13.5. The Balaban J connectivity index is 2.07. The van der Waals surface area contributed by atoms with Crippen LogP contribution in [0.15, 0.2) is 57.5 Å². The Hall–Kier alpha value is -3.37. The van der Waals surface area contributed by atoms with E-state index in [9.17, 15) is 27.9 Å². The Kier molecular flexibility index (Phi) is 8.30. The number of hydrogen-bond donors (Lipinski definition) is 1. The normalized spacial score (nSPS) is 16.4. The summed E-state index contributed by atoms with van der Waals surface area (Å²) in [4.78, 5) is 30.5. The van der Waals surface area contributed by atoms with Crippen LogP contribution < -0.4 is 14.9 Å². The first-order chi connectivity index (χ1) is 19.3. The number of rotatable bonds is 4. The summed E-state index contributed by atoms with van der Waals surface area (Å²) < 4.78 is 49.3. The van der Waals surface area contributed by atoms with Gasteiger partial charge < -0.3 is 9.84 Å². The number of esters is 1. The van der Waals surface area contributed by atoms with Crippen LogP contribution in [0.3, 0.4) is 0 Å². The van der Waals surface area contributed by atoms with Gasteiger partial charge >= 0.3 is 12.1 Å². The fraction of sp³-hybridized carbons (Fsp3) is 0.387. The lowest BCUT2D eigenvalue weighted by molar-refractivity contribution is -0.140. The third-order valence-electron chi connectivity index (χ3n) is 6.83. The molecule has 2 heterocycles. The van der Waals surface area contributed by atoms with E-state index in [0.29, 0.717) is 21.7 Å². The Morgan fingerprint density at radius 2 is 1.62 bits per heavy atom. The number of allylic oxidation sites excluding steroid dienone is 1. The topological polar surface area (TPSA) is 80.9 Å². The Labute approximate surface area is 250 Å². The van der Waals surface area contributed by atoms with E-state index in [2.05, 4.69) is 4.99 Å². The van der Waals surface area contributed by atoms with Crippen LogP contribution in [0.5, 0.6) is 5.75 Å². The first-order valence-corrected chi connectivity index (χ1v) is 14.5. The fourth-order valence-corrected chi connectivity index (χ4v) is 5.96. The molecule has 224 valence electrons. The highest BCUT2D eigenvalue weighted by Crippen LogP contribution is 2.41. The molecule has 1 aromatic heterocycles. The van der Waals surface area contributed by atoms with Crippen LogP contribution in [0.1, 0.15) is 76.8 Å². The quantitative estimate of drug-likeness (QED) is 0.348. The molecule has 6 nitrogen and oxygen atoms in total. The number of nitrogens with zero attached hydrogens (tertiary/aromatic N) is 2. The summed E-state index contributed by atoms with van der Waals surface area (Å²) >= 11 is 6.83. The van der Waals surface area contributed by atoms with Gasteiger partial charge in [0, 0.05) is 16.1 Å². The first-order valence-electron chi connectivity index (χ1n) is 13.3. The van der Waals surface area contributed by atoms with E-state index in [1.807, 2.05) is 41.5 Å². The van der Waals surface area contributed by atoms with Crippen LogP contribution >= 0.6 is 22.9 Å². The molecule has 2 aromatic carbocycles. The van der Waals surface area contributed by atoms with Crippen LogP contribution in [0.2, 0.25) is 5.02 Å². The maximum absolute atomic E-state index is 14.3. The lowest BCUT2D eigenvalue weighted by Gasteiger charge is -2.27. The largest absolute Gasteiger partial charge is 0.507 e. The molecule has 0 saturated carbocycles. The molecule has 11 heteroatoms. The minimum Gasteiger partial charge on any atom is -0.507 e. The van der Waals surface area contributed by atoms with Gasteiger partial charge in [0.25, 0.3) is 5.56 Å². The Morgan fingerprint density at radius 1 is 1.07 bits per heavy atom. The van der Waals surface area contributed by atoms with Gasteiger partial charge in [0.1, 0.15) is 5.75 Å². The zero-order chi connectivity index (χ0) is 31.4. The Bertz CT molecular complexity index is 1720. The molecular weight excluding hydrogens is 589 g/mol. The second kappa shape index (κ2) is 11.0. The molecule has 0 unspecified atom stereocenters. The lowest BCUT2D eigenvalue weighted by atomic mass is 9.78. The summed E-state index contributed by atoms with van der Waals surface area (Å²) in [7, 11) is 0. The van der Waals surface area contributed by atoms with Gasteiger partial charge in [-0.3, -0.25) is 9.36 Å². The zero-order valence-electron chi connectivity index (χ0n) is 24.3. The zero-order valence-corrected chi connectivity index (χ0v) is 25.9. The highest BCUT2D eigenvalue weighted by molar-refractivity contribution is 7.07. The molecule has 0 radical (unpaired) electrons. The molecule has 0 amide bonds. The molecule has 1 atom stereocenters. The summed E-state index contributed by atoms with van der Waals surface area (Å²) in [5, 5.41) is 11.4. The highest BCUT2D eigenvalue weighted by atomic mass is 35.5. The van der Waals surface area contributed by atoms with Gasteiger partial charge in [-0.2, -0.15) is 13.2 Å². The van der Waals surface area contributed by atoms with Crippen molar-refractivity contribution in [2.75, 3.05) is 6.61 Å².